The zero-order valence-corrected chi connectivity index (χ0v) is 24.7. The molecule has 4 heterocycles. The summed E-state index contributed by atoms with van der Waals surface area (Å²) >= 11 is 1.46. The van der Waals surface area contributed by atoms with Gasteiger partial charge in [-0.25, -0.2) is 4.79 Å². The van der Waals surface area contributed by atoms with Gasteiger partial charge in [-0.05, 0) is 42.5 Å². The molecule has 8 nitrogen and oxygen atoms in total. The number of quaternary nitrogens is 1. The first-order valence-electron chi connectivity index (χ1n) is 14.7. The van der Waals surface area contributed by atoms with E-state index in [1.165, 1.54) is 17.8 Å². The highest BCUT2D eigenvalue weighted by Crippen LogP contribution is 2.44. The molecule has 0 unspecified atom stereocenters. The molecule has 3 aliphatic heterocycles. The van der Waals surface area contributed by atoms with E-state index in [1.807, 2.05) is 29.6 Å². The number of carbonyl (C=O) groups is 2. The van der Waals surface area contributed by atoms with Crippen LogP contribution in [-0.2, 0) is 19.9 Å². The molecule has 234 valence electrons. The van der Waals surface area contributed by atoms with E-state index in [4.69, 9.17) is 24.6 Å². The summed E-state index contributed by atoms with van der Waals surface area (Å²) in [5, 5.41) is 31.6. The molecule has 4 fully saturated rings. The maximum Gasteiger partial charge on any atom is 0.430 e. The molecule has 0 radical (unpaired) electrons. The predicted octanol–water partition coefficient (Wildman–Crippen LogP) is 4.31. The molecule has 43 heavy (non-hydrogen) atoms. The fraction of sp³-hybridized carbons (Fsp3) is 0.581. The molecular formula is C31H37F3N2O6S. The van der Waals surface area contributed by atoms with Crippen LogP contribution < -0.4 is 9.84 Å². The fourth-order valence-corrected chi connectivity index (χ4v) is 7.52. The number of carboxylic acids is 1. The van der Waals surface area contributed by atoms with E-state index < -0.39 is 23.7 Å². The molecule has 6 rings (SSSR count). The van der Waals surface area contributed by atoms with Crippen molar-refractivity contribution in [2.24, 2.45) is 11.8 Å². The number of aliphatic carboxylic acids is 1. The van der Waals surface area contributed by atoms with Gasteiger partial charge in [0.05, 0.1) is 37.9 Å². The molecule has 1 N–H and O–H groups in total. The number of benzene rings is 1. The van der Waals surface area contributed by atoms with E-state index >= 15 is 0 Å². The van der Waals surface area contributed by atoms with E-state index in [0.717, 1.165) is 86.2 Å². The van der Waals surface area contributed by atoms with Gasteiger partial charge in [0, 0.05) is 36.0 Å². The van der Waals surface area contributed by atoms with Crippen LogP contribution >= 0.6 is 11.3 Å². The van der Waals surface area contributed by atoms with Crippen molar-refractivity contribution >= 4 is 23.3 Å². The summed E-state index contributed by atoms with van der Waals surface area (Å²) in [4.78, 5) is 23.2. The largest absolute Gasteiger partial charge is 0.542 e. The van der Waals surface area contributed by atoms with Crippen molar-refractivity contribution < 1.29 is 46.9 Å². The maximum atomic E-state index is 13.7. The van der Waals surface area contributed by atoms with Crippen LogP contribution in [0.4, 0.5) is 13.2 Å². The quantitative estimate of drug-likeness (QED) is 0.252. The van der Waals surface area contributed by atoms with Crippen molar-refractivity contribution in [3.8, 4) is 11.8 Å². The Morgan fingerprint density at radius 3 is 2.40 bits per heavy atom. The lowest BCUT2D eigenvalue weighted by Gasteiger charge is -2.52. The zero-order valence-electron chi connectivity index (χ0n) is 23.9. The van der Waals surface area contributed by atoms with Gasteiger partial charge in [-0.1, -0.05) is 31.4 Å². The lowest BCUT2D eigenvalue weighted by molar-refractivity contribution is -0.946. The van der Waals surface area contributed by atoms with Crippen molar-refractivity contribution in [3.05, 3.63) is 52.2 Å². The molecule has 1 aliphatic carbocycles. The van der Waals surface area contributed by atoms with Crippen molar-refractivity contribution in [2.45, 2.75) is 69.2 Å². The topological polar surface area (TPSA) is 120 Å². The van der Waals surface area contributed by atoms with Crippen molar-refractivity contribution in [3.63, 3.8) is 0 Å². The SMILES string of the molecule is N#Cc1cccc(OCCC[N+]23CCC(CC2)[C@@H](OC(=O)[C@](O)(c2cccs2)C2CCCCC2)C3)c1.O=C([O-])C(F)(F)F. The van der Waals surface area contributed by atoms with Crippen LogP contribution in [0.2, 0.25) is 0 Å². The molecule has 4 aliphatic rings. The van der Waals surface area contributed by atoms with Gasteiger partial charge in [-0.15, -0.1) is 11.3 Å². The number of ether oxygens (including phenoxy) is 2. The number of hydrogen-bond acceptors (Lipinski definition) is 8. The summed E-state index contributed by atoms with van der Waals surface area (Å²) in [6.07, 6.45) is 2.72. The van der Waals surface area contributed by atoms with Gasteiger partial charge in [0.25, 0.3) is 0 Å². The monoisotopic (exact) mass is 622 g/mol. The van der Waals surface area contributed by atoms with E-state index in [2.05, 4.69) is 6.07 Å². The highest BCUT2D eigenvalue weighted by atomic mass is 32.1. The Labute approximate surface area is 253 Å². The lowest BCUT2D eigenvalue weighted by Crippen LogP contribution is -2.65. The van der Waals surface area contributed by atoms with Crippen LogP contribution in [0.3, 0.4) is 0 Å². The third-order valence-electron chi connectivity index (χ3n) is 8.94. The third kappa shape index (κ3) is 8.08. The number of nitriles is 1. The number of rotatable bonds is 9. The number of alkyl halides is 3. The van der Waals surface area contributed by atoms with Crippen LogP contribution in [0, 0.1) is 23.2 Å². The Morgan fingerprint density at radius 2 is 1.79 bits per heavy atom. The second-order valence-corrected chi connectivity index (χ2v) is 12.6. The van der Waals surface area contributed by atoms with Crippen LogP contribution in [-0.4, -0.2) is 66.6 Å². The smallest absolute Gasteiger partial charge is 0.430 e. The van der Waals surface area contributed by atoms with Gasteiger partial charge in [-0.2, -0.15) is 18.4 Å². The molecule has 12 heteroatoms. The van der Waals surface area contributed by atoms with Crippen molar-refractivity contribution in [1.29, 1.82) is 5.26 Å². The van der Waals surface area contributed by atoms with E-state index in [1.54, 1.807) is 12.1 Å². The van der Waals surface area contributed by atoms with Gasteiger partial charge < -0.3 is 29.0 Å². The first-order valence-corrected chi connectivity index (χ1v) is 15.6. The Balaban J connectivity index is 0.000000541. The number of nitrogens with zero attached hydrogens (tertiary/aromatic N) is 2. The molecule has 1 saturated carbocycles. The molecule has 1 aromatic carbocycles. The molecule has 0 spiro atoms. The van der Waals surface area contributed by atoms with Crippen molar-refractivity contribution in [2.75, 3.05) is 32.8 Å². The number of carbonyl (C=O) groups excluding carboxylic acids is 2. The number of halogens is 3. The van der Waals surface area contributed by atoms with E-state index in [-0.39, 0.29) is 12.0 Å². The third-order valence-corrected chi connectivity index (χ3v) is 9.94. The molecular weight excluding hydrogens is 585 g/mol. The first kappa shape index (κ1) is 32.8. The normalized spacial score (nSPS) is 25.0. The molecule has 2 bridgehead atoms. The predicted molar refractivity (Wildman–Crippen MR) is 149 cm³/mol. The number of esters is 1. The molecule has 2 aromatic rings. The molecule has 3 saturated heterocycles. The van der Waals surface area contributed by atoms with Gasteiger partial charge in [-0.3, -0.25) is 0 Å². The summed E-state index contributed by atoms with van der Waals surface area (Å²) in [5.41, 5.74) is -0.926. The molecule has 2 atom stereocenters. The van der Waals surface area contributed by atoms with Crippen molar-refractivity contribution in [1.82, 2.24) is 0 Å². The summed E-state index contributed by atoms with van der Waals surface area (Å²) in [6, 6.07) is 13.2. The zero-order chi connectivity index (χ0) is 31.1. The minimum Gasteiger partial charge on any atom is -0.542 e. The summed E-state index contributed by atoms with van der Waals surface area (Å²) in [5.74, 6) is -2.40. The number of carboxylic acid groups (broad SMARTS) is 1. The number of fused-ring (bicyclic) bond motifs is 3. The average Bonchev–Trinajstić information content (AvgIpc) is 3.56. The Morgan fingerprint density at radius 1 is 1.09 bits per heavy atom. The van der Waals surface area contributed by atoms with Crippen LogP contribution in [0.1, 0.15) is 61.8 Å². The Kier molecular flexibility index (Phi) is 10.7. The van der Waals surface area contributed by atoms with Gasteiger partial charge in [0.15, 0.2) is 11.7 Å². The number of aliphatic hydroxyl groups is 1. The van der Waals surface area contributed by atoms with Gasteiger partial charge >= 0.3 is 12.1 Å². The summed E-state index contributed by atoms with van der Waals surface area (Å²) < 4.78 is 44.6. The highest BCUT2D eigenvalue weighted by molar-refractivity contribution is 7.10. The molecule has 0 amide bonds. The van der Waals surface area contributed by atoms with E-state index in [0.29, 0.717) is 18.1 Å². The number of hydrogen-bond donors (Lipinski definition) is 1. The average molecular weight is 623 g/mol. The minimum atomic E-state index is -5.19. The first-order chi connectivity index (χ1) is 20.5. The maximum absolute atomic E-state index is 13.7. The molecule has 1 aromatic heterocycles. The fourth-order valence-electron chi connectivity index (χ4n) is 6.63. The summed E-state index contributed by atoms with van der Waals surface area (Å²) in [6.45, 7) is 4.63. The lowest BCUT2D eigenvalue weighted by atomic mass is 9.75. The van der Waals surface area contributed by atoms with E-state index in [9.17, 15) is 23.1 Å². The van der Waals surface area contributed by atoms with Gasteiger partial charge in [0.2, 0.25) is 0 Å². The number of piperidine rings is 3. The standard InChI is InChI=1S/C29H37N2O4S.C2HF3O2/c30-20-22-7-4-10-25(19-22)34-17-6-14-31-15-12-23(13-16-31)26(21-31)35-28(32)29(33,27-11-5-18-36-27)24-8-2-1-3-9-24;3-2(4,5)1(6)7/h4-5,7,10-11,18-19,23-24,26,33H,1-3,6,8-9,12-17,21H2;(H,6,7)/q+1;/p-1/t23?,26-,29+,31?;/m0./s1. The number of thiophene rings is 1. The minimum absolute atomic E-state index is 0.0710. The second-order valence-electron chi connectivity index (χ2n) is 11.7. The Bertz CT molecular complexity index is 1270. The van der Waals surface area contributed by atoms with Gasteiger partial charge in [0.1, 0.15) is 18.3 Å². The highest BCUT2D eigenvalue weighted by Gasteiger charge is 2.52. The summed E-state index contributed by atoms with van der Waals surface area (Å²) in [7, 11) is 0. The second kappa shape index (κ2) is 14.1. The van der Waals surface area contributed by atoms with Crippen LogP contribution in [0.5, 0.6) is 5.75 Å². The van der Waals surface area contributed by atoms with Crippen LogP contribution in [0.15, 0.2) is 41.8 Å². The Hall–Kier alpha value is -3.14. The van der Waals surface area contributed by atoms with Crippen LogP contribution in [0.25, 0.3) is 0 Å².